The van der Waals surface area contributed by atoms with Crippen molar-refractivity contribution in [3.05, 3.63) is 29.8 Å². The normalized spacial score (nSPS) is 17.3. The largest absolute Gasteiger partial charge is 0.399 e. The monoisotopic (exact) mass is 716 g/mol. The Morgan fingerprint density at radius 3 is 1.18 bits per heavy atom. The van der Waals surface area contributed by atoms with Crippen LogP contribution in [-0.4, -0.2) is 141 Å². The molecule has 9 atom stereocenters. The molecule has 1 aromatic carbocycles. The fourth-order valence-electron chi connectivity index (χ4n) is 4.17. The fourth-order valence-corrected chi connectivity index (χ4v) is 4.17. The third-order valence-electron chi connectivity index (χ3n) is 7.27. The van der Waals surface area contributed by atoms with Crippen LogP contribution in [0, 0.1) is 0 Å². The van der Waals surface area contributed by atoms with Crippen molar-refractivity contribution >= 4 is 11.6 Å². The van der Waals surface area contributed by atoms with Crippen molar-refractivity contribution in [2.24, 2.45) is 0 Å². The number of carbonyl (C=O) groups excluding carboxylic acids is 1. The van der Waals surface area contributed by atoms with Crippen LogP contribution in [0.5, 0.6) is 0 Å². The number of hydrogen-bond acceptors (Lipinski definition) is 12. The van der Waals surface area contributed by atoms with Crippen LogP contribution >= 0.6 is 0 Å². The summed E-state index contributed by atoms with van der Waals surface area (Å²) in [7, 11) is 1.65. The number of ether oxygens (including phenoxy) is 10. The number of nitrogen functional groups attached to an aromatic ring is 1. The van der Waals surface area contributed by atoms with E-state index in [9.17, 15) is 4.79 Å². The number of carbonyl (C=O) groups is 1. The molecule has 0 aliphatic heterocycles. The maximum Gasteiger partial charge on any atom is 0.251 e. The average Bonchev–Trinajstić information content (AvgIpc) is 3.09. The van der Waals surface area contributed by atoms with E-state index in [1.807, 2.05) is 62.3 Å². The van der Waals surface area contributed by atoms with Crippen LogP contribution in [0.1, 0.15) is 72.7 Å². The highest BCUT2D eigenvalue weighted by atomic mass is 16.6. The number of nitrogens with two attached hydrogens (primary N) is 1. The summed E-state index contributed by atoms with van der Waals surface area (Å²) < 4.78 is 57.6. The highest BCUT2D eigenvalue weighted by Crippen LogP contribution is 2.08. The molecule has 1 rings (SSSR count). The van der Waals surface area contributed by atoms with Crippen LogP contribution in [0.4, 0.5) is 5.69 Å². The minimum absolute atomic E-state index is 0.0111. The SMILES string of the molecule is COCCOCC(C)OCC(C)OCC(C)OCC(C)OCC(C)OCC(C)OCC(C)OCC(C)OCC(C)NC(=O)c1ccc(N)cc1. The Kier molecular flexibility index (Phi) is 25.5. The van der Waals surface area contributed by atoms with Gasteiger partial charge in [0, 0.05) is 24.4 Å². The second kappa shape index (κ2) is 27.7. The van der Waals surface area contributed by atoms with Crippen LogP contribution in [0.2, 0.25) is 0 Å². The summed E-state index contributed by atoms with van der Waals surface area (Å²) in [6.07, 6.45) is -0.670. The Balaban J connectivity index is 2.08. The standard InChI is InChI=1S/C37H68N2O11/c1-26(39-37(40)35-11-13-36(38)14-12-35)17-43-28(3)19-45-30(5)21-47-32(7)23-49-34(9)25-50-33(8)24-48-31(6)22-46-29(4)20-44-27(2)18-42-16-15-41-10/h11-14,26-34H,15-25,38H2,1-10H3,(H,39,40). The molecule has 50 heavy (non-hydrogen) atoms. The summed E-state index contributed by atoms with van der Waals surface area (Å²) in [5, 5.41) is 2.93. The van der Waals surface area contributed by atoms with Crippen molar-refractivity contribution in [2.45, 2.75) is 117 Å². The third kappa shape index (κ3) is 24.3. The lowest BCUT2D eigenvalue weighted by molar-refractivity contribution is -0.110. The van der Waals surface area contributed by atoms with Crippen molar-refractivity contribution in [2.75, 3.05) is 85.5 Å². The number of hydrogen-bond donors (Lipinski definition) is 2. The van der Waals surface area contributed by atoms with Gasteiger partial charge < -0.3 is 58.4 Å². The maximum absolute atomic E-state index is 12.4. The molecule has 0 saturated heterocycles. The van der Waals surface area contributed by atoms with Gasteiger partial charge in [0.05, 0.1) is 122 Å². The third-order valence-corrected chi connectivity index (χ3v) is 7.27. The summed E-state index contributed by atoms with van der Waals surface area (Å²) in [4.78, 5) is 12.4. The van der Waals surface area contributed by atoms with Gasteiger partial charge in [-0.15, -0.1) is 0 Å². The lowest BCUT2D eigenvalue weighted by atomic mass is 10.2. The summed E-state index contributed by atoms with van der Waals surface area (Å²) in [5.74, 6) is -0.164. The molecule has 292 valence electrons. The summed E-state index contributed by atoms with van der Waals surface area (Å²) in [6.45, 7) is 22.8. The Morgan fingerprint density at radius 2 is 0.840 bits per heavy atom. The molecule has 0 aliphatic rings. The first-order valence-corrected chi connectivity index (χ1v) is 17.9. The number of rotatable bonds is 31. The number of methoxy groups -OCH3 is 1. The van der Waals surface area contributed by atoms with E-state index in [-0.39, 0.29) is 60.8 Å². The lowest BCUT2D eigenvalue weighted by Crippen LogP contribution is -2.37. The van der Waals surface area contributed by atoms with Crippen LogP contribution in [-0.2, 0) is 47.4 Å². The highest BCUT2D eigenvalue weighted by Gasteiger charge is 2.16. The molecule has 0 fully saturated rings. The molecular formula is C37H68N2O11. The molecule has 0 bridgehead atoms. The summed E-state index contributed by atoms with van der Waals surface area (Å²) >= 11 is 0. The van der Waals surface area contributed by atoms with E-state index in [2.05, 4.69) is 5.32 Å². The maximum atomic E-state index is 12.4. The predicted octanol–water partition coefficient (Wildman–Crippen LogP) is 4.29. The van der Waals surface area contributed by atoms with Crippen LogP contribution < -0.4 is 11.1 Å². The highest BCUT2D eigenvalue weighted by molar-refractivity contribution is 5.94. The fraction of sp³-hybridized carbons (Fsp3) is 0.811. The Labute approximate surface area is 301 Å². The van der Waals surface area contributed by atoms with Crippen LogP contribution in [0.25, 0.3) is 0 Å². The quantitative estimate of drug-likeness (QED) is 0.0835. The first-order chi connectivity index (χ1) is 23.8. The Hall–Kier alpha value is -1.91. The zero-order valence-corrected chi connectivity index (χ0v) is 32.4. The molecule has 0 aliphatic carbocycles. The van der Waals surface area contributed by atoms with Crippen molar-refractivity contribution < 1.29 is 52.2 Å². The number of benzene rings is 1. The second-order valence-electron chi connectivity index (χ2n) is 13.2. The minimum Gasteiger partial charge on any atom is -0.399 e. The molecule has 0 aromatic heterocycles. The van der Waals surface area contributed by atoms with Gasteiger partial charge in [-0.2, -0.15) is 0 Å². The predicted molar refractivity (Wildman–Crippen MR) is 194 cm³/mol. The summed E-state index contributed by atoms with van der Waals surface area (Å²) in [6, 6.07) is 6.65. The molecule has 1 aromatic rings. The van der Waals surface area contributed by atoms with Gasteiger partial charge in [0.25, 0.3) is 5.91 Å². The van der Waals surface area contributed by atoms with Gasteiger partial charge in [-0.1, -0.05) is 0 Å². The van der Waals surface area contributed by atoms with Crippen LogP contribution in [0.3, 0.4) is 0 Å². The van der Waals surface area contributed by atoms with E-state index in [4.69, 9.17) is 53.1 Å². The van der Waals surface area contributed by atoms with Crippen molar-refractivity contribution in [3.8, 4) is 0 Å². The van der Waals surface area contributed by atoms with Gasteiger partial charge in [-0.25, -0.2) is 0 Å². The smallest absolute Gasteiger partial charge is 0.251 e. The molecule has 3 N–H and O–H groups in total. The number of anilines is 1. The first kappa shape index (κ1) is 46.1. The number of nitrogens with one attached hydrogen (secondary N) is 1. The average molecular weight is 717 g/mol. The van der Waals surface area contributed by atoms with Crippen molar-refractivity contribution in [3.63, 3.8) is 0 Å². The van der Waals surface area contributed by atoms with E-state index in [0.717, 1.165) is 0 Å². The van der Waals surface area contributed by atoms with Gasteiger partial charge >= 0.3 is 0 Å². The number of amides is 1. The van der Waals surface area contributed by atoms with E-state index >= 15 is 0 Å². The Bertz CT molecular complexity index is 973. The molecule has 13 heteroatoms. The zero-order valence-electron chi connectivity index (χ0n) is 32.4. The van der Waals surface area contributed by atoms with E-state index < -0.39 is 0 Å². The van der Waals surface area contributed by atoms with Gasteiger partial charge in [-0.3, -0.25) is 4.79 Å². The van der Waals surface area contributed by atoms with Gasteiger partial charge in [0.2, 0.25) is 0 Å². The van der Waals surface area contributed by atoms with E-state index in [1.54, 1.807) is 31.4 Å². The lowest BCUT2D eigenvalue weighted by Gasteiger charge is -2.23. The summed E-state index contributed by atoms with van der Waals surface area (Å²) in [5.41, 5.74) is 6.86. The minimum atomic E-state index is -0.164. The molecule has 0 heterocycles. The van der Waals surface area contributed by atoms with Gasteiger partial charge in [0.15, 0.2) is 0 Å². The van der Waals surface area contributed by atoms with E-state index in [0.29, 0.717) is 83.9 Å². The van der Waals surface area contributed by atoms with E-state index in [1.165, 1.54) is 0 Å². The molecular weight excluding hydrogens is 648 g/mol. The molecule has 13 nitrogen and oxygen atoms in total. The molecule has 0 saturated carbocycles. The topological polar surface area (TPSA) is 147 Å². The second-order valence-corrected chi connectivity index (χ2v) is 13.2. The van der Waals surface area contributed by atoms with Crippen LogP contribution in [0.15, 0.2) is 24.3 Å². The Morgan fingerprint density at radius 1 is 0.520 bits per heavy atom. The molecule has 0 spiro atoms. The molecule has 1 amide bonds. The van der Waals surface area contributed by atoms with Gasteiger partial charge in [0.1, 0.15) is 0 Å². The zero-order chi connectivity index (χ0) is 37.3. The molecule has 0 radical (unpaired) electrons. The van der Waals surface area contributed by atoms with Crippen molar-refractivity contribution in [1.29, 1.82) is 0 Å². The van der Waals surface area contributed by atoms with Gasteiger partial charge in [-0.05, 0) is 86.6 Å². The first-order valence-electron chi connectivity index (χ1n) is 17.9. The van der Waals surface area contributed by atoms with Crippen molar-refractivity contribution in [1.82, 2.24) is 5.32 Å². The molecule has 9 unspecified atom stereocenters.